The molecule has 1 saturated heterocycles. The van der Waals surface area contributed by atoms with E-state index in [1.165, 1.54) is 6.07 Å². The fourth-order valence-electron chi connectivity index (χ4n) is 3.41. The predicted octanol–water partition coefficient (Wildman–Crippen LogP) is 6.26. The fraction of sp³-hybridized carbons (Fsp3) is 0.154. The highest BCUT2D eigenvalue weighted by atomic mass is 79.9. The van der Waals surface area contributed by atoms with Gasteiger partial charge in [0, 0.05) is 22.5 Å². The number of benzene rings is 2. The zero-order chi connectivity index (χ0) is 26.0. The van der Waals surface area contributed by atoms with Gasteiger partial charge in [-0.15, -0.1) is 0 Å². The number of halogens is 1. The molecule has 2 amide bonds. The van der Waals surface area contributed by atoms with Crippen LogP contribution in [0.5, 0.6) is 0 Å². The molecule has 2 aromatic carbocycles. The summed E-state index contributed by atoms with van der Waals surface area (Å²) in [6.45, 7) is 5.75. The summed E-state index contributed by atoms with van der Waals surface area (Å²) in [6.07, 6.45) is 1.97. The van der Waals surface area contributed by atoms with Crippen LogP contribution >= 0.6 is 27.7 Å². The van der Waals surface area contributed by atoms with Crippen LogP contribution in [0, 0.1) is 13.8 Å². The molecule has 1 aliphatic heterocycles. The summed E-state index contributed by atoms with van der Waals surface area (Å²) in [5, 5.41) is 15.2. The second-order valence-corrected chi connectivity index (χ2v) is 9.92. The van der Waals surface area contributed by atoms with Crippen molar-refractivity contribution in [2.45, 2.75) is 27.2 Å². The normalized spacial score (nSPS) is 15.4. The Hall–Kier alpha value is -3.63. The average Bonchev–Trinajstić information content (AvgIpc) is 3.43. The SMILES string of the molecule is CCC(=O)Nc1cc(C)c(C)cc1-c1ccc(/C=C2\SC(=Nc3ccc(Br)c(C(=O)O)c3)NC2=O)o1. The van der Waals surface area contributed by atoms with Crippen LogP contribution in [-0.4, -0.2) is 28.1 Å². The minimum atomic E-state index is -1.08. The quantitative estimate of drug-likeness (QED) is 0.302. The van der Waals surface area contributed by atoms with E-state index < -0.39 is 5.97 Å². The lowest BCUT2D eigenvalue weighted by atomic mass is 10.0. The molecule has 0 spiro atoms. The topological polar surface area (TPSA) is 121 Å². The maximum absolute atomic E-state index is 12.5. The maximum atomic E-state index is 12.5. The van der Waals surface area contributed by atoms with Crippen molar-refractivity contribution in [3.63, 3.8) is 0 Å². The Morgan fingerprint density at radius 2 is 1.92 bits per heavy atom. The number of carboxylic acids is 1. The summed E-state index contributed by atoms with van der Waals surface area (Å²) < 4.78 is 6.45. The number of amidine groups is 1. The van der Waals surface area contributed by atoms with Crippen molar-refractivity contribution in [2.75, 3.05) is 5.32 Å². The summed E-state index contributed by atoms with van der Waals surface area (Å²) >= 11 is 4.33. The van der Waals surface area contributed by atoms with Crippen LogP contribution in [0.4, 0.5) is 11.4 Å². The number of hydrogen-bond donors (Lipinski definition) is 3. The lowest BCUT2D eigenvalue weighted by Crippen LogP contribution is -2.19. The fourth-order valence-corrected chi connectivity index (χ4v) is 4.65. The van der Waals surface area contributed by atoms with Crippen LogP contribution in [0.15, 0.2) is 61.3 Å². The summed E-state index contributed by atoms with van der Waals surface area (Å²) in [4.78, 5) is 40.6. The highest BCUT2D eigenvalue weighted by Crippen LogP contribution is 2.34. The number of aryl methyl sites for hydroxylation is 2. The molecule has 3 N–H and O–H groups in total. The molecule has 0 radical (unpaired) electrons. The van der Waals surface area contributed by atoms with Crippen LogP contribution < -0.4 is 10.6 Å². The standard InChI is InChI=1S/C26H22BrN3O5S/c1-4-23(31)29-20-10-14(3)13(2)9-18(20)21-8-6-16(35-21)12-22-24(32)30-26(36-22)28-15-5-7-19(27)17(11-15)25(33)34/h5-12H,4H2,1-3H3,(H,29,31)(H,33,34)(H,28,30,32)/b22-12-. The number of amides is 2. The molecular formula is C26H22BrN3O5S. The molecule has 1 aromatic heterocycles. The van der Waals surface area contributed by atoms with Crippen LogP contribution in [0.25, 0.3) is 17.4 Å². The minimum Gasteiger partial charge on any atom is -0.478 e. The van der Waals surface area contributed by atoms with E-state index in [2.05, 4.69) is 31.6 Å². The molecule has 3 aromatic rings. The van der Waals surface area contributed by atoms with E-state index in [0.717, 1.165) is 28.5 Å². The molecule has 1 fully saturated rings. The second-order valence-electron chi connectivity index (χ2n) is 8.04. The van der Waals surface area contributed by atoms with Crippen molar-refractivity contribution in [2.24, 2.45) is 4.99 Å². The zero-order valence-electron chi connectivity index (χ0n) is 19.6. The molecule has 0 aliphatic carbocycles. The van der Waals surface area contributed by atoms with E-state index in [4.69, 9.17) is 4.42 Å². The van der Waals surface area contributed by atoms with E-state index in [1.54, 1.807) is 37.3 Å². The average molecular weight is 568 g/mol. The van der Waals surface area contributed by atoms with Crippen molar-refractivity contribution >= 4 is 68.1 Å². The van der Waals surface area contributed by atoms with Gasteiger partial charge < -0.3 is 20.2 Å². The number of nitrogens with one attached hydrogen (secondary N) is 2. The Morgan fingerprint density at radius 1 is 1.17 bits per heavy atom. The lowest BCUT2D eigenvalue weighted by Gasteiger charge is -2.12. The van der Waals surface area contributed by atoms with E-state index in [0.29, 0.717) is 43.9 Å². The molecule has 0 unspecified atom stereocenters. The van der Waals surface area contributed by atoms with Gasteiger partial charge in [-0.05, 0) is 95.1 Å². The molecule has 0 saturated carbocycles. The monoisotopic (exact) mass is 567 g/mol. The van der Waals surface area contributed by atoms with Crippen molar-refractivity contribution in [1.29, 1.82) is 0 Å². The van der Waals surface area contributed by atoms with Gasteiger partial charge >= 0.3 is 5.97 Å². The number of carbonyl (C=O) groups excluding carboxylic acids is 2. The number of aliphatic imine (C=N–C) groups is 1. The molecule has 0 bridgehead atoms. The molecule has 10 heteroatoms. The Kier molecular flexibility index (Phi) is 7.46. The van der Waals surface area contributed by atoms with Gasteiger partial charge in [-0.25, -0.2) is 9.79 Å². The van der Waals surface area contributed by atoms with Gasteiger partial charge in [0.05, 0.1) is 21.8 Å². The molecule has 36 heavy (non-hydrogen) atoms. The largest absolute Gasteiger partial charge is 0.478 e. The number of hydrogen-bond acceptors (Lipinski definition) is 6. The first-order valence-electron chi connectivity index (χ1n) is 11.0. The Bertz CT molecular complexity index is 1460. The minimum absolute atomic E-state index is 0.0749. The number of anilines is 1. The van der Waals surface area contributed by atoms with Gasteiger partial charge in [0.15, 0.2) is 5.17 Å². The predicted molar refractivity (Wildman–Crippen MR) is 144 cm³/mol. The second kappa shape index (κ2) is 10.5. The lowest BCUT2D eigenvalue weighted by molar-refractivity contribution is -0.116. The Balaban J connectivity index is 1.59. The van der Waals surface area contributed by atoms with E-state index in [1.807, 2.05) is 26.0 Å². The van der Waals surface area contributed by atoms with Crippen molar-refractivity contribution in [3.8, 4) is 11.3 Å². The van der Waals surface area contributed by atoms with E-state index >= 15 is 0 Å². The number of furan rings is 1. The first-order valence-corrected chi connectivity index (χ1v) is 12.6. The smallest absolute Gasteiger partial charge is 0.336 e. The third kappa shape index (κ3) is 5.60. The first kappa shape index (κ1) is 25.5. The van der Waals surface area contributed by atoms with Crippen LogP contribution in [0.1, 0.15) is 40.6 Å². The van der Waals surface area contributed by atoms with Crippen molar-refractivity contribution in [1.82, 2.24) is 5.32 Å². The highest BCUT2D eigenvalue weighted by Gasteiger charge is 2.25. The number of nitrogens with zero attached hydrogens (tertiary/aromatic N) is 1. The van der Waals surface area contributed by atoms with Gasteiger partial charge in [0.25, 0.3) is 5.91 Å². The maximum Gasteiger partial charge on any atom is 0.336 e. The van der Waals surface area contributed by atoms with Gasteiger partial charge in [0.2, 0.25) is 5.91 Å². The Morgan fingerprint density at radius 3 is 2.64 bits per heavy atom. The number of carbonyl (C=O) groups is 3. The van der Waals surface area contributed by atoms with Gasteiger partial charge in [-0.1, -0.05) is 6.92 Å². The Labute approximate surface area is 220 Å². The molecule has 8 nitrogen and oxygen atoms in total. The summed E-state index contributed by atoms with van der Waals surface area (Å²) in [6, 6.07) is 12.1. The van der Waals surface area contributed by atoms with Crippen LogP contribution in [0.2, 0.25) is 0 Å². The highest BCUT2D eigenvalue weighted by molar-refractivity contribution is 9.10. The number of rotatable bonds is 6. The van der Waals surface area contributed by atoms with Crippen LogP contribution in [-0.2, 0) is 9.59 Å². The molecule has 184 valence electrons. The van der Waals surface area contributed by atoms with Crippen LogP contribution in [0.3, 0.4) is 0 Å². The van der Waals surface area contributed by atoms with Crippen molar-refractivity contribution < 1.29 is 23.9 Å². The zero-order valence-corrected chi connectivity index (χ0v) is 22.0. The number of thioether (sulfide) groups is 1. The van der Waals surface area contributed by atoms with Gasteiger partial charge in [-0.3, -0.25) is 9.59 Å². The molecular weight excluding hydrogens is 546 g/mol. The molecule has 0 atom stereocenters. The summed E-state index contributed by atoms with van der Waals surface area (Å²) in [5.41, 5.74) is 3.99. The number of aromatic carboxylic acids is 1. The van der Waals surface area contributed by atoms with Gasteiger partial charge in [-0.2, -0.15) is 0 Å². The van der Waals surface area contributed by atoms with Gasteiger partial charge in [0.1, 0.15) is 11.5 Å². The van der Waals surface area contributed by atoms with E-state index in [9.17, 15) is 19.5 Å². The van der Waals surface area contributed by atoms with E-state index in [-0.39, 0.29) is 17.4 Å². The number of carboxylic acid groups (broad SMARTS) is 1. The summed E-state index contributed by atoms with van der Waals surface area (Å²) in [7, 11) is 0. The molecule has 1 aliphatic rings. The third-order valence-corrected chi connectivity index (χ3v) is 7.06. The third-order valence-electron chi connectivity index (χ3n) is 5.46. The molecule has 4 rings (SSSR count). The molecule has 2 heterocycles. The van der Waals surface area contributed by atoms with Crippen molar-refractivity contribution in [3.05, 3.63) is 74.3 Å². The first-order chi connectivity index (χ1) is 17.1. The summed E-state index contributed by atoms with van der Waals surface area (Å²) in [5.74, 6) is -0.492.